The zero-order valence-corrected chi connectivity index (χ0v) is 20.0. The van der Waals surface area contributed by atoms with Crippen molar-refractivity contribution in [2.45, 2.75) is 55.8 Å². The van der Waals surface area contributed by atoms with Gasteiger partial charge in [-0.1, -0.05) is 32.0 Å². The van der Waals surface area contributed by atoms with Crippen molar-refractivity contribution >= 4 is 35.5 Å². The smallest absolute Gasteiger partial charge is 0.405 e. The number of fused-ring (bicyclic) bond motifs is 1. The number of alkyl halides is 3. The second-order valence-corrected chi connectivity index (χ2v) is 9.37. The van der Waals surface area contributed by atoms with E-state index in [2.05, 4.69) is 34.2 Å². The Bertz CT molecular complexity index is 1070. The highest BCUT2D eigenvalue weighted by atomic mass is 35.5. The summed E-state index contributed by atoms with van der Waals surface area (Å²) >= 11 is 1.74. The van der Waals surface area contributed by atoms with Crippen LogP contribution in [0, 0.1) is 0 Å². The third kappa shape index (κ3) is 6.45. The van der Waals surface area contributed by atoms with E-state index in [1.165, 1.54) is 12.1 Å². The highest BCUT2D eigenvalue weighted by Crippen LogP contribution is 2.32. The third-order valence-corrected chi connectivity index (χ3v) is 6.55. The fourth-order valence-electron chi connectivity index (χ4n) is 3.69. The van der Waals surface area contributed by atoms with E-state index in [4.69, 9.17) is 5.10 Å². The average Bonchev–Trinajstić information content (AvgIpc) is 3.17. The maximum absolute atomic E-state index is 12.8. The molecule has 6 nitrogen and oxygen atoms in total. The molecule has 2 aromatic heterocycles. The van der Waals surface area contributed by atoms with Crippen molar-refractivity contribution in [2.24, 2.45) is 0 Å². The first-order valence-corrected chi connectivity index (χ1v) is 11.5. The molecule has 2 N–H and O–H groups in total. The zero-order chi connectivity index (χ0) is 22.7. The van der Waals surface area contributed by atoms with Crippen LogP contribution in [-0.4, -0.2) is 39.3 Å². The summed E-state index contributed by atoms with van der Waals surface area (Å²) in [6, 6.07) is 8.08. The number of hydrogen-bond acceptors (Lipinski definition) is 6. The number of ether oxygens (including phenoxy) is 1. The van der Waals surface area contributed by atoms with Gasteiger partial charge in [0.1, 0.15) is 10.8 Å². The van der Waals surface area contributed by atoms with Crippen LogP contribution in [0.2, 0.25) is 0 Å². The van der Waals surface area contributed by atoms with Crippen LogP contribution < -0.4 is 15.4 Å². The van der Waals surface area contributed by atoms with E-state index in [9.17, 15) is 13.2 Å². The topological polar surface area (TPSA) is 63.5 Å². The summed E-state index contributed by atoms with van der Waals surface area (Å²) in [5, 5.41) is 12.8. The Labute approximate surface area is 201 Å². The standard InChI is InChI=1S/C22H26F3N5OS.ClH/c1-14(2)18-13-28-21-17(11-20(29-30(18)21)32-16-7-9-26-10-8-16)27-12-15-5-3-4-6-19(15)31-22(23,24)25;/h3-6,11,13-14,16,26-27H,7-10,12H2,1-2H3;1H. The minimum Gasteiger partial charge on any atom is -0.405 e. The van der Waals surface area contributed by atoms with E-state index in [1.807, 2.05) is 10.6 Å². The van der Waals surface area contributed by atoms with Gasteiger partial charge >= 0.3 is 6.36 Å². The van der Waals surface area contributed by atoms with Gasteiger partial charge in [-0.05, 0) is 44.0 Å². The van der Waals surface area contributed by atoms with E-state index in [1.54, 1.807) is 30.1 Å². The van der Waals surface area contributed by atoms with E-state index in [0.29, 0.717) is 16.5 Å². The summed E-state index contributed by atoms with van der Waals surface area (Å²) in [4.78, 5) is 4.53. The molecule has 1 saturated heterocycles. The number of hydrogen-bond donors (Lipinski definition) is 2. The molecule has 0 atom stereocenters. The Morgan fingerprint density at radius 3 is 2.67 bits per heavy atom. The van der Waals surface area contributed by atoms with Gasteiger partial charge in [0.25, 0.3) is 0 Å². The highest BCUT2D eigenvalue weighted by Gasteiger charge is 2.32. The van der Waals surface area contributed by atoms with Gasteiger partial charge in [-0.3, -0.25) is 0 Å². The van der Waals surface area contributed by atoms with E-state index < -0.39 is 6.36 Å². The van der Waals surface area contributed by atoms with Crippen LogP contribution in [0.1, 0.15) is 43.9 Å². The lowest BCUT2D eigenvalue weighted by molar-refractivity contribution is -0.274. The molecule has 1 aliphatic rings. The minimum absolute atomic E-state index is 0. The lowest BCUT2D eigenvalue weighted by Crippen LogP contribution is -2.29. The fraction of sp³-hybridized carbons (Fsp3) is 0.455. The van der Waals surface area contributed by atoms with Crippen LogP contribution >= 0.6 is 24.2 Å². The number of halogens is 4. The van der Waals surface area contributed by atoms with Gasteiger partial charge in [-0.15, -0.1) is 37.3 Å². The highest BCUT2D eigenvalue weighted by molar-refractivity contribution is 7.99. The monoisotopic (exact) mass is 501 g/mol. The third-order valence-electron chi connectivity index (χ3n) is 5.30. The van der Waals surface area contributed by atoms with Crippen molar-refractivity contribution in [1.29, 1.82) is 0 Å². The summed E-state index contributed by atoms with van der Waals surface area (Å²) in [5.74, 6) is 0.0125. The Morgan fingerprint density at radius 2 is 1.97 bits per heavy atom. The van der Waals surface area contributed by atoms with E-state index in [0.717, 1.165) is 42.3 Å². The van der Waals surface area contributed by atoms with Crippen LogP contribution in [0.25, 0.3) is 5.65 Å². The molecule has 1 aromatic carbocycles. The first-order valence-electron chi connectivity index (χ1n) is 10.6. The predicted octanol–water partition coefficient (Wildman–Crippen LogP) is 5.63. The van der Waals surface area contributed by atoms with Crippen LogP contribution in [0.4, 0.5) is 18.9 Å². The van der Waals surface area contributed by atoms with Crippen molar-refractivity contribution < 1.29 is 17.9 Å². The van der Waals surface area contributed by atoms with E-state index in [-0.39, 0.29) is 30.6 Å². The number of piperidine rings is 1. The number of thioether (sulfide) groups is 1. The second kappa shape index (κ2) is 10.8. The molecular weight excluding hydrogens is 475 g/mol. The molecule has 0 unspecified atom stereocenters. The van der Waals surface area contributed by atoms with Gasteiger partial charge in [0.15, 0.2) is 5.65 Å². The first kappa shape index (κ1) is 25.5. The van der Waals surface area contributed by atoms with Crippen LogP contribution in [0.15, 0.2) is 41.6 Å². The Kier molecular flexibility index (Phi) is 8.36. The number of nitrogens with one attached hydrogen (secondary N) is 2. The Morgan fingerprint density at radius 1 is 1.24 bits per heavy atom. The van der Waals surface area contributed by atoms with Crippen LogP contribution in [0.5, 0.6) is 5.75 Å². The maximum atomic E-state index is 12.8. The van der Waals surface area contributed by atoms with Gasteiger partial charge in [0.05, 0.1) is 17.6 Å². The second-order valence-electron chi connectivity index (χ2n) is 8.05. The molecule has 11 heteroatoms. The van der Waals surface area contributed by atoms with Crippen molar-refractivity contribution in [3.05, 3.63) is 47.8 Å². The van der Waals surface area contributed by atoms with Crippen molar-refractivity contribution in [1.82, 2.24) is 19.9 Å². The van der Waals surface area contributed by atoms with Gasteiger partial charge in [0, 0.05) is 17.4 Å². The molecule has 0 saturated carbocycles. The largest absolute Gasteiger partial charge is 0.573 e. The zero-order valence-electron chi connectivity index (χ0n) is 18.4. The molecule has 0 aliphatic carbocycles. The summed E-state index contributed by atoms with van der Waals surface area (Å²) in [7, 11) is 0. The number of para-hydroxylation sites is 1. The summed E-state index contributed by atoms with van der Waals surface area (Å²) in [6.45, 7) is 6.30. The molecule has 1 aliphatic heterocycles. The number of benzene rings is 1. The minimum atomic E-state index is -4.74. The molecule has 180 valence electrons. The number of nitrogens with zero attached hydrogens (tertiary/aromatic N) is 3. The van der Waals surface area contributed by atoms with Crippen LogP contribution in [-0.2, 0) is 6.54 Å². The van der Waals surface area contributed by atoms with Crippen molar-refractivity contribution in [3.63, 3.8) is 0 Å². The maximum Gasteiger partial charge on any atom is 0.573 e. The van der Waals surface area contributed by atoms with E-state index >= 15 is 0 Å². The summed E-state index contributed by atoms with van der Waals surface area (Å²) in [6.07, 6.45) is -0.807. The van der Waals surface area contributed by atoms with Gasteiger partial charge < -0.3 is 15.4 Å². The molecule has 3 aromatic rings. The molecule has 33 heavy (non-hydrogen) atoms. The molecule has 0 radical (unpaired) electrons. The fourth-order valence-corrected chi connectivity index (χ4v) is 4.82. The number of imidazole rings is 1. The van der Waals surface area contributed by atoms with Gasteiger partial charge in [-0.2, -0.15) is 5.10 Å². The lowest BCUT2D eigenvalue weighted by atomic mass is 10.1. The molecule has 0 amide bonds. The Hall–Kier alpha value is -2.17. The Balaban J connectivity index is 0.00000306. The van der Waals surface area contributed by atoms with Gasteiger partial charge in [-0.25, -0.2) is 9.50 Å². The molecule has 4 rings (SSSR count). The summed E-state index contributed by atoms with van der Waals surface area (Å²) < 4.78 is 44.4. The molecular formula is C22H27ClF3N5OS. The number of aromatic nitrogens is 3. The normalized spacial score (nSPS) is 15.0. The number of anilines is 1. The predicted molar refractivity (Wildman–Crippen MR) is 127 cm³/mol. The lowest BCUT2D eigenvalue weighted by Gasteiger charge is -2.22. The molecule has 1 fully saturated rings. The number of rotatable bonds is 7. The first-order chi connectivity index (χ1) is 15.3. The van der Waals surface area contributed by atoms with Crippen molar-refractivity contribution in [3.8, 4) is 5.75 Å². The van der Waals surface area contributed by atoms with Crippen molar-refractivity contribution in [2.75, 3.05) is 18.4 Å². The van der Waals surface area contributed by atoms with Gasteiger partial charge in [0.2, 0.25) is 0 Å². The molecule has 3 heterocycles. The average molecular weight is 502 g/mol. The SMILES string of the molecule is CC(C)c1cnc2c(NCc3ccccc3OC(F)(F)F)cc(SC3CCNCC3)nn12.Cl. The molecule has 0 spiro atoms. The molecule has 0 bridgehead atoms. The summed E-state index contributed by atoms with van der Waals surface area (Å²) in [5.41, 5.74) is 2.77. The quantitative estimate of drug-likeness (QED) is 0.437. The van der Waals surface area contributed by atoms with Crippen LogP contribution in [0.3, 0.4) is 0 Å².